The molecule has 0 aliphatic carbocycles. The van der Waals surface area contributed by atoms with Crippen LogP contribution >= 0.6 is 0 Å². The molecule has 254 valence electrons. The Balaban J connectivity index is 2.80. The number of carbonyl (C=O) groups excluding carboxylic acids is 1. The van der Waals surface area contributed by atoms with Crippen molar-refractivity contribution in [1.29, 1.82) is 0 Å². The molecule has 0 aromatic carbocycles. The van der Waals surface area contributed by atoms with Crippen LogP contribution in [0.2, 0.25) is 0 Å². The molecule has 2 aliphatic heterocycles. The monoisotopic (exact) mass is 629 g/mol. The van der Waals surface area contributed by atoms with Crippen molar-refractivity contribution in [1.82, 2.24) is 0 Å². The third kappa shape index (κ3) is 7.42. The molecule has 1 unspecified atom stereocenters. The van der Waals surface area contributed by atoms with E-state index in [-0.39, 0.29) is 30.4 Å². The summed E-state index contributed by atoms with van der Waals surface area (Å²) < 4.78 is 37.4. The lowest BCUT2D eigenvalue weighted by Gasteiger charge is -2.50. The number of esters is 1. The van der Waals surface area contributed by atoms with Crippen molar-refractivity contribution in [3.63, 3.8) is 0 Å². The molecule has 2 saturated heterocycles. The van der Waals surface area contributed by atoms with Gasteiger partial charge in [0.25, 0.3) is 6.86 Å². The lowest BCUT2D eigenvalue weighted by Crippen LogP contribution is -2.60. The van der Waals surface area contributed by atoms with E-state index in [9.17, 15) is 24.5 Å². The molecular weight excluding hydrogens is 573 g/mol. The van der Waals surface area contributed by atoms with Crippen LogP contribution in [0, 0.1) is 47.9 Å². The van der Waals surface area contributed by atoms with Crippen molar-refractivity contribution in [2.45, 2.75) is 129 Å². The molecule has 10 nitrogen and oxygen atoms in total. The zero-order valence-corrected chi connectivity index (χ0v) is 28.4. The highest BCUT2D eigenvalue weighted by Gasteiger charge is 2.54. The molecule has 0 aromatic heterocycles. The van der Waals surface area contributed by atoms with Gasteiger partial charge in [-0.15, -0.1) is 6.42 Å². The van der Waals surface area contributed by atoms with Crippen LogP contribution in [-0.4, -0.2) is 95.4 Å². The standard InChI is InChI=1S/C33H56FNO9/c1-13-25-32(10,39)28(36)21(6)27(35-42-17-34)18(3)15-33(14-2,41-12)22(7)19(4)26(20(5)30(38)44-25)24-16-31(9,40-11)29(37)23(8)43-24/h2,18-26,28-29,36-37,39H,13,15-17H2,1,3-12H3/b35-27+/t18-,19-,20-,21+,22-,23+,24?,25-,26+,28-,29+,31-,32-,33-/m1/s1. The summed E-state index contributed by atoms with van der Waals surface area (Å²) in [5.41, 5.74) is -3.75. The van der Waals surface area contributed by atoms with Gasteiger partial charge in [-0.3, -0.25) is 4.79 Å². The molecule has 11 heteroatoms. The van der Waals surface area contributed by atoms with Crippen molar-refractivity contribution in [3.05, 3.63) is 0 Å². The summed E-state index contributed by atoms with van der Waals surface area (Å²) in [6.07, 6.45) is 2.36. The summed E-state index contributed by atoms with van der Waals surface area (Å²) in [6.45, 7) is 14.8. The zero-order valence-electron chi connectivity index (χ0n) is 28.4. The number of alkyl halides is 1. The fraction of sp³-hybridized carbons (Fsp3) is 0.879. The number of hydrogen-bond acceptors (Lipinski definition) is 10. The molecule has 0 spiro atoms. The van der Waals surface area contributed by atoms with Crippen LogP contribution in [0.5, 0.6) is 0 Å². The Labute approximate surface area is 263 Å². The van der Waals surface area contributed by atoms with Crippen LogP contribution in [0.15, 0.2) is 5.16 Å². The minimum absolute atomic E-state index is 0.212. The smallest absolute Gasteiger partial charge is 0.309 e. The van der Waals surface area contributed by atoms with E-state index in [1.165, 1.54) is 21.1 Å². The Hall–Kier alpha value is -1.81. The van der Waals surface area contributed by atoms with Gasteiger partial charge >= 0.3 is 5.97 Å². The summed E-state index contributed by atoms with van der Waals surface area (Å²) in [5.74, 6) is -0.931. The Bertz CT molecular complexity index is 1030. The Morgan fingerprint density at radius 3 is 2.16 bits per heavy atom. The highest BCUT2D eigenvalue weighted by molar-refractivity contribution is 5.89. The third-order valence-corrected chi connectivity index (χ3v) is 10.8. The lowest BCUT2D eigenvalue weighted by molar-refractivity contribution is -0.236. The topological polar surface area (TPSA) is 136 Å². The van der Waals surface area contributed by atoms with Gasteiger partial charge in [0.15, 0.2) is 0 Å². The van der Waals surface area contributed by atoms with E-state index >= 15 is 0 Å². The lowest BCUT2D eigenvalue weighted by atomic mass is 9.64. The van der Waals surface area contributed by atoms with E-state index in [1.807, 2.05) is 27.7 Å². The normalized spacial score (nSPS) is 47.4. The Kier molecular flexibility index (Phi) is 13.2. The molecule has 44 heavy (non-hydrogen) atoms. The first kappa shape index (κ1) is 38.4. The maximum atomic E-state index is 14.0. The second-order valence-corrected chi connectivity index (χ2v) is 13.4. The van der Waals surface area contributed by atoms with Gasteiger partial charge in [-0.1, -0.05) is 52.6 Å². The van der Waals surface area contributed by atoms with Gasteiger partial charge in [-0.05, 0) is 45.4 Å². The van der Waals surface area contributed by atoms with E-state index in [2.05, 4.69) is 11.1 Å². The van der Waals surface area contributed by atoms with Crippen LogP contribution in [-0.2, 0) is 28.6 Å². The molecule has 3 N–H and O–H groups in total. The van der Waals surface area contributed by atoms with Crippen LogP contribution in [0.25, 0.3) is 0 Å². The number of terminal acetylenes is 1. The predicted octanol–water partition coefficient (Wildman–Crippen LogP) is 3.88. The van der Waals surface area contributed by atoms with Crippen molar-refractivity contribution in [3.8, 4) is 12.3 Å². The fourth-order valence-electron chi connectivity index (χ4n) is 7.58. The molecule has 0 radical (unpaired) electrons. The maximum Gasteiger partial charge on any atom is 0.309 e. The summed E-state index contributed by atoms with van der Waals surface area (Å²) in [6, 6.07) is 0. The average Bonchev–Trinajstić information content (AvgIpc) is 2.99. The first-order valence-electron chi connectivity index (χ1n) is 15.7. The molecular formula is C33H56FNO9. The number of rotatable bonds is 6. The number of hydrogen-bond donors (Lipinski definition) is 3. The van der Waals surface area contributed by atoms with Gasteiger partial charge in [0.2, 0.25) is 0 Å². The van der Waals surface area contributed by atoms with Crippen molar-refractivity contribution < 1.29 is 48.3 Å². The van der Waals surface area contributed by atoms with Gasteiger partial charge in [0.1, 0.15) is 23.4 Å². The second-order valence-electron chi connectivity index (χ2n) is 13.4. The first-order chi connectivity index (χ1) is 20.4. The molecule has 2 rings (SSSR count). The maximum absolute atomic E-state index is 14.0. The zero-order chi connectivity index (χ0) is 33.8. The molecule has 0 amide bonds. The number of aliphatic hydroxyl groups is 3. The van der Waals surface area contributed by atoms with E-state index < -0.39 is 83.8 Å². The second kappa shape index (κ2) is 15.2. The molecule has 2 fully saturated rings. The van der Waals surface area contributed by atoms with Gasteiger partial charge in [0, 0.05) is 38.4 Å². The van der Waals surface area contributed by atoms with Gasteiger partial charge in [0.05, 0.1) is 35.5 Å². The highest BCUT2D eigenvalue weighted by Crippen LogP contribution is 2.46. The van der Waals surface area contributed by atoms with Gasteiger partial charge in [-0.2, -0.15) is 0 Å². The number of aliphatic hydroxyl groups excluding tert-OH is 2. The van der Waals surface area contributed by atoms with Gasteiger partial charge < -0.3 is 39.1 Å². The highest BCUT2D eigenvalue weighted by atomic mass is 19.1. The molecule has 0 aromatic rings. The Morgan fingerprint density at radius 1 is 1.05 bits per heavy atom. The molecule has 14 atom stereocenters. The Morgan fingerprint density at radius 2 is 1.66 bits per heavy atom. The van der Waals surface area contributed by atoms with Crippen LogP contribution in [0.4, 0.5) is 4.39 Å². The summed E-state index contributed by atoms with van der Waals surface area (Å²) >= 11 is 0. The summed E-state index contributed by atoms with van der Waals surface area (Å²) in [7, 11) is 3.06. The average molecular weight is 630 g/mol. The first-order valence-corrected chi connectivity index (χ1v) is 15.7. The van der Waals surface area contributed by atoms with Crippen LogP contribution in [0.3, 0.4) is 0 Å². The third-order valence-electron chi connectivity index (χ3n) is 10.8. The summed E-state index contributed by atoms with van der Waals surface area (Å²) in [4.78, 5) is 18.8. The minimum Gasteiger partial charge on any atom is -0.459 e. The fourth-order valence-corrected chi connectivity index (χ4v) is 7.58. The predicted molar refractivity (Wildman–Crippen MR) is 164 cm³/mol. The number of carbonyl (C=O) groups is 1. The molecule has 2 aliphatic rings. The number of methoxy groups -OCH3 is 2. The molecule has 0 bridgehead atoms. The SMILES string of the molecule is C#C[C@@]1(OC)C[C@@H](C)/C(=N\OCF)[C@H](C)[C@@H](O)[C@](C)(O)[C@@H](CC)OC(=O)[C@H](C)[C@@H](C2C[C@@](C)(OC)[C@@H](O)[C@H](C)O2)[C@H](C)[C@H]1C. The number of halogens is 1. The van der Waals surface area contributed by atoms with Gasteiger partial charge in [-0.25, -0.2) is 4.39 Å². The van der Waals surface area contributed by atoms with E-state index in [4.69, 9.17) is 30.2 Å². The van der Waals surface area contributed by atoms with Crippen molar-refractivity contribution >= 4 is 11.7 Å². The molecule has 0 saturated carbocycles. The van der Waals surface area contributed by atoms with Crippen molar-refractivity contribution in [2.24, 2.45) is 40.7 Å². The molecule has 2 heterocycles. The van der Waals surface area contributed by atoms with Crippen LogP contribution in [0.1, 0.15) is 81.6 Å². The van der Waals surface area contributed by atoms with E-state index in [0.717, 1.165) is 0 Å². The summed E-state index contributed by atoms with van der Waals surface area (Å²) in [5, 5.41) is 38.1. The minimum atomic E-state index is -1.91. The number of nitrogens with zero attached hydrogens (tertiary/aromatic N) is 1. The van der Waals surface area contributed by atoms with Crippen LogP contribution < -0.4 is 0 Å². The largest absolute Gasteiger partial charge is 0.459 e. The van der Waals surface area contributed by atoms with E-state index in [1.54, 1.807) is 27.7 Å². The number of ether oxygens (including phenoxy) is 4. The number of oxime groups is 1. The number of cyclic esters (lactones) is 1. The van der Waals surface area contributed by atoms with Crippen molar-refractivity contribution in [2.75, 3.05) is 21.1 Å². The van der Waals surface area contributed by atoms with E-state index in [0.29, 0.717) is 6.42 Å². The quantitative estimate of drug-likeness (QED) is 0.227.